The van der Waals surface area contributed by atoms with Crippen molar-refractivity contribution in [2.24, 2.45) is 0 Å². The molecule has 1 aromatic rings. The van der Waals surface area contributed by atoms with Gasteiger partial charge in [-0.05, 0) is 18.1 Å². The average molecular weight is 218 g/mol. The van der Waals surface area contributed by atoms with Crippen LogP contribution in [-0.2, 0) is 11.2 Å². The Bertz CT molecular complexity index is 336. The second kappa shape index (κ2) is 4.44. The summed E-state index contributed by atoms with van der Waals surface area (Å²) in [5, 5.41) is 3.60. The van der Waals surface area contributed by atoms with Crippen LogP contribution in [0.3, 0.4) is 0 Å². The van der Waals surface area contributed by atoms with E-state index in [1.54, 1.807) is 0 Å². The minimum absolute atomic E-state index is 0.579. The normalized spacial score (nSPS) is 25.1. The summed E-state index contributed by atoms with van der Waals surface area (Å²) >= 11 is 0. The van der Waals surface area contributed by atoms with Crippen LogP contribution < -0.4 is 5.32 Å². The van der Waals surface area contributed by atoms with E-state index in [-0.39, 0.29) is 0 Å². The van der Waals surface area contributed by atoms with Crippen molar-refractivity contribution in [1.82, 2.24) is 4.90 Å². The van der Waals surface area contributed by atoms with Crippen LogP contribution in [0.2, 0.25) is 0 Å². The summed E-state index contributed by atoms with van der Waals surface area (Å²) in [6.45, 7) is 5.07. The Labute approximate surface area is 96.4 Å². The van der Waals surface area contributed by atoms with Gasteiger partial charge in [0.05, 0.1) is 13.2 Å². The Balaban J connectivity index is 1.59. The molecule has 1 atom stereocenters. The predicted octanol–water partition coefficient (Wildman–Crippen LogP) is 1.36. The summed E-state index contributed by atoms with van der Waals surface area (Å²) in [6, 6.07) is 9.20. The topological polar surface area (TPSA) is 24.5 Å². The highest BCUT2D eigenvalue weighted by molar-refractivity contribution is 5.56. The van der Waals surface area contributed by atoms with Gasteiger partial charge >= 0.3 is 0 Å². The molecular weight excluding hydrogens is 200 g/mol. The number of para-hydroxylation sites is 1. The molecule has 1 aromatic carbocycles. The number of nitrogens with one attached hydrogen (secondary N) is 1. The molecule has 0 spiro atoms. The van der Waals surface area contributed by atoms with Crippen LogP contribution in [0.5, 0.6) is 0 Å². The first-order chi connectivity index (χ1) is 7.92. The van der Waals surface area contributed by atoms with Crippen LogP contribution in [0.25, 0.3) is 0 Å². The standard InChI is InChI=1S/C13H18N2O/c1-2-4-13-11(3-1)9-12(14-13)10-15-5-7-16-8-6-15/h1-4,12,14H,5-10H2/t12-/m1/s1. The Kier molecular flexibility index (Phi) is 2.80. The number of hydrogen-bond donors (Lipinski definition) is 1. The average Bonchev–Trinajstić information content (AvgIpc) is 2.72. The molecule has 2 heterocycles. The molecule has 0 aliphatic carbocycles. The Morgan fingerprint density at radius 3 is 2.88 bits per heavy atom. The van der Waals surface area contributed by atoms with E-state index in [0.717, 1.165) is 39.3 Å². The van der Waals surface area contributed by atoms with E-state index >= 15 is 0 Å². The van der Waals surface area contributed by atoms with Crippen LogP contribution in [0.1, 0.15) is 5.56 Å². The number of hydrogen-bond acceptors (Lipinski definition) is 3. The Morgan fingerprint density at radius 1 is 1.25 bits per heavy atom. The summed E-state index contributed by atoms with van der Waals surface area (Å²) in [5.41, 5.74) is 2.78. The quantitative estimate of drug-likeness (QED) is 0.811. The third-order valence-corrected chi connectivity index (χ3v) is 3.43. The minimum Gasteiger partial charge on any atom is -0.380 e. The van der Waals surface area contributed by atoms with Crippen LogP contribution in [-0.4, -0.2) is 43.8 Å². The predicted molar refractivity (Wildman–Crippen MR) is 64.8 cm³/mol. The van der Waals surface area contributed by atoms with Gasteiger partial charge in [-0.3, -0.25) is 4.90 Å². The largest absolute Gasteiger partial charge is 0.380 e. The molecule has 0 unspecified atom stereocenters. The maximum atomic E-state index is 5.36. The molecule has 0 aromatic heterocycles. The van der Waals surface area contributed by atoms with Crippen LogP contribution in [0.4, 0.5) is 5.69 Å². The fourth-order valence-corrected chi connectivity index (χ4v) is 2.58. The molecule has 86 valence electrons. The van der Waals surface area contributed by atoms with Crippen LogP contribution >= 0.6 is 0 Å². The smallest absolute Gasteiger partial charge is 0.0594 e. The number of anilines is 1. The van der Waals surface area contributed by atoms with Crippen molar-refractivity contribution in [3.8, 4) is 0 Å². The maximum Gasteiger partial charge on any atom is 0.0594 e. The lowest BCUT2D eigenvalue weighted by Crippen LogP contribution is -2.42. The van der Waals surface area contributed by atoms with E-state index in [0.29, 0.717) is 6.04 Å². The number of ether oxygens (including phenoxy) is 1. The molecule has 16 heavy (non-hydrogen) atoms. The highest BCUT2D eigenvalue weighted by Gasteiger charge is 2.22. The summed E-state index contributed by atoms with van der Waals surface area (Å²) in [6.07, 6.45) is 1.16. The molecule has 0 amide bonds. The molecule has 1 N–H and O–H groups in total. The van der Waals surface area contributed by atoms with Gasteiger partial charge in [0.15, 0.2) is 0 Å². The first kappa shape index (κ1) is 10.1. The third kappa shape index (κ3) is 2.06. The summed E-state index contributed by atoms with van der Waals surface area (Å²) in [4.78, 5) is 2.49. The molecule has 0 saturated carbocycles. The van der Waals surface area contributed by atoms with Gasteiger partial charge in [0.1, 0.15) is 0 Å². The maximum absolute atomic E-state index is 5.36. The van der Waals surface area contributed by atoms with Gasteiger partial charge in [-0.25, -0.2) is 0 Å². The van der Waals surface area contributed by atoms with Gasteiger partial charge in [0, 0.05) is 31.4 Å². The lowest BCUT2D eigenvalue weighted by molar-refractivity contribution is 0.0364. The molecule has 2 aliphatic rings. The molecular formula is C13H18N2O. The molecule has 3 heteroatoms. The second-order valence-corrected chi connectivity index (χ2v) is 4.62. The zero-order chi connectivity index (χ0) is 10.8. The van der Waals surface area contributed by atoms with Crippen molar-refractivity contribution < 1.29 is 4.74 Å². The number of nitrogens with zero attached hydrogens (tertiary/aromatic N) is 1. The van der Waals surface area contributed by atoms with Crippen LogP contribution in [0.15, 0.2) is 24.3 Å². The summed E-state index contributed by atoms with van der Waals surface area (Å²) < 4.78 is 5.36. The Hall–Kier alpha value is -1.06. The van der Waals surface area contributed by atoms with Crippen molar-refractivity contribution in [3.05, 3.63) is 29.8 Å². The zero-order valence-electron chi connectivity index (χ0n) is 9.48. The first-order valence-electron chi connectivity index (χ1n) is 6.06. The lowest BCUT2D eigenvalue weighted by Gasteiger charge is -2.29. The SMILES string of the molecule is c1ccc2c(c1)C[C@H](CN1CCOCC1)N2. The second-order valence-electron chi connectivity index (χ2n) is 4.62. The number of rotatable bonds is 2. The van der Waals surface area contributed by atoms with Crippen molar-refractivity contribution in [2.45, 2.75) is 12.5 Å². The van der Waals surface area contributed by atoms with E-state index in [1.807, 2.05) is 0 Å². The molecule has 1 fully saturated rings. The van der Waals surface area contributed by atoms with E-state index in [9.17, 15) is 0 Å². The van der Waals surface area contributed by atoms with Crippen molar-refractivity contribution >= 4 is 5.69 Å². The van der Waals surface area contributed by atoms with Gasteiger partial charge in [-0.15, -0.1) is 0 Å². The van der Waals surface area contributed by atoms with E-state index in [2.05, 4.69) is 34.5 Å². The lowest BCUT2D eigenvalue weighted by atomic mass is 10.1. The third-order valence-electron chi connectivity index (χ3n) is 3.43. The minimum atomic E-state index is 0.579. The van der Waals surface area contributed by atoms with Crippen LogP contribution in [0, 0.1) is 0 Å². The molecule has 0 bridgehead atoms. The van der Waals surface area contributed by atoms with E-state index in [1.165, 1.54) is 11.3 Å². The monoisotopic (exact) mass is 218 g/mol. The number of benzene rings is 1. The first-order valence-corrected chi connectivity index (χ1v) is 6.06. The molecule has 3 rings (SSSR count). The summed E-state index contributed by atoms with van der Waals surface area (Å²) in [5.74, 6) is 0. The molecule has 3 nitrogen and oxygen atoms in total. The van der Waals surface area contributed by atoms with Gasteiger partial charge in [-0.1, -0.05) is 18.2 Å². The highest BCUT2D eigenvalue weighted by Crippen LogP contribution is 2.25. The van der Waals surface area contributed by atoms with E-state index in [4.69, 9.17) is 4.74 Å². The van der Waals surface area contributed by atoms with Gasteiger partial charge in [0.25, 0.3) is 0 Å². The van der Waals surface area contributed by atoms with E-state index < -0.39 is 0 Å². The van der Waals surface area contributed by atoms with Crippen molar-refractivity contribution in [3.63, 3.8) is 0 Å². The molecule has 2 aliphatic heterocycles. The number of fused-ring (bicyclic) bond motifs is 1. The number of morpholine rings is 1. The fourth-order valence-electron chi connectivity index (χ4n) is 2.58. The van der Waals surface area contributed by atoms with Gasteiger partial charge < -0.3 is 10.1 Å². The zero-order valence-corrected chi connectivity index (χ0v) is 9.48. The van der Waals surface area contributed by atoms with Crippen molar-refractivity contribution in [1.29, 1.82) is 0 Å². The van der Waals surface area contributed by atoms with Gasteiger partial charge in [-0.2, -0.15) is 0 Å². The van der Waals surface area contributed by atoms with Crippen molar-refractivity contribution in [2.75, 3.05) is 38.2 Å². The Morgan fingerprint density at radius 2 is 2.06 bits per heavy atom. The highest BCUT2D eigenvalue weighted by atomic mass is 16.5. The van der Waals surface area contributed by atoms with Gasteiger partial charge in [0.2, 0.25) is 0 Å². The molecule has 1 saturated heterocycles. The molecule has 0 radical (unpaired) electrons. The summed E-state index contributed by atoms with van der Waals surface area (Å²) in [7, 11) is 0. The fraction of sp³-hybridized carbons (Fsp3) is 0.538.